The van der Waals surface area contributed by atoms with Crippen LogP contribution in [0.3, 0.4) is 0 Å². The van der Waals surface area contributed by atoms with E-state index in [0.717, 1.165) is 19.4 Å². The molecule has 1 saturated heterocycles. The summed E-state index contributed by atoms with van der Waals surface area (Å²) in [6, 6.07) is 20.5. The number of rotatable bonds is 5. The van der Waals surface area contributed by atoms with Gasteiger partial charge in [-0.1, -0.05) is 60.7 Å². The summed E-state index contributed by atoms with van der Waals surface area (Å²) in [5, 5.41) is 0. The van der Waals surface area contributed by atoms with E-state index in [1.807, 2.05) is 41.3 Å². The lowest BCUT2D eigenvalue weighted by atomic mass is 10.1. The number of benzene rings is 2. The lowest BCUT2D eigenvalue weighted by Gasteiger charge is -2.29. The van der Waals surface area contributed by atoms with Crippen LogP contribution in [0.4, 0.5) is 0 Å². The SMILES string of the molecule is CN1CCCC1C(=O)N(Cc1ccccc1)Cc1ccccc1. The van der Waals surface area contributed by atoms with Crippen LogP contribution in [0, 0.1) is 0 Å². The van der Waals surface area contributed by atoms with Gasteiger partial charge in [0.15, 0.2) is 0 Å². The lowest BCUT2D eigenvalue weighted by molar-refractivity contribution is -0.136. The predicted octanol–water partition coefficient (Wildman–Crippen LogP) is 3.31. The number of carbonyl (C=O) groups excluding carboxylic acids is 1. The summed E-state index contributed by atoms with van der Waals surface area (Å²) in [4.78, 5) is 17.2. The zero-order chi connectivity index (χ0) is 16.1. The molecule has 0 saturated carbocycles. The largest absolute Gasteiger partial charge is 0.333 e. The van der Waals surface area contributed by atoms with Crippen molar-refractivity contribution in [3.63, 3.8) is 0 Å². The minimum Gasteiger partial charge on any atom is -0.333 e. The quantitative estimate of drug-likeness (QED) is 0.846. The highest BCUT2D eigenvalue weighted by Crippen LogP contribution is 2.20. The topological polar surface area (TPSA) is 23.6 Å². The predicted molar refractivity (Wildman–Crippen MR) is 92.8 cm³/mol. The van der Waals surface area contributed by atoms with Crippen LogP contribution < -0.4 is 0 Å². The molecule has 0 aliphatic carbocycles. The molecule has 3 nitrogen and oxygen atoms in total. The van der Waals surface area contributed by atoms with Gasteiger partial charge in [0, 0.05) is 13.1 Å². The molecule has 0 spiro atoms. The van der Waals surface area contributed by atoms with Crippen molar-refractivity contribution in [3.05, 3.63) is 71.8 Å². The fourth-order valence-electron chi connectivity index (χ4n) is 3.25. The first-order valence-corrected chi connectivity index (χ1v) is 8.31. The van der Waals surface area contributed by atoms with Crippen LogP contribution in [0.15, 0.2) is 60.7 Å². The first-order chi connectivity index (χ1) is 11.2. The third-order valence-electron chi connectivity index (χ3n) is 4.55. The van der Waals surface area contributed by atoms with E-state index in [4.69, 9.17) is 0 Å². The number of amides is 1. The van der Waals surface area contributed by atoms with E-state index in [1.54, 1.807) is 0 Å². The summed E-state index contributed by atoms with van der Waals surface area (Å²) in [7, 11) is 2.05. The van der Waals surface area contributed by atoms with Gasteiger partial charge in [0.25, 0.3) is 0 Å². The van der Waals surface area contributed by atoms with E-state index in [2.05, 4.69) is 36.2 Å². The van der Waals surface area contributed by atoms with Gasteiger partial charge in [0.05, 0.1) is 6.04 Å². The van der Waals surface area contributed by atoms with Gasteiger partial charge in [-0.2, -0.15) is 0 Å². The molecule has 1 aliphatic heterocycles. The van der Waals surface area contributed by atoms with Crippen molar-refractivity contribution >= 4 is 5.91 Å². The smallest absolute Gasteiger partial charge is 0.240 e. The molecule has 0 bridgehead atoms. The van der Waals surface area contributed by atoms with Crippen molar-refractivity contribution in [1.82, 2.24) is 9.80 Å². The molecule has 23 heavy (non-hydrogen) atoms. The van der Waals surface area contributed by atoms with Crippen LogP contribution in [0.1, 0.15) is 24.0 Å². The molecular formula is C20H24N2O. The number of hydrogen-bond donors (Lipinski definition) is 0. The Labute approximate surface area is 138 Å². The van der Waals surface area contributed by atoms with Crippen LogP contribution in [-0.2, 0) is 17.9 Å². The first kappa shape index (κ1) is 15.8. The van der Waals surface area contributed by atoms with Crippen LogP contribution in [-0.4, -0.2) is 35.3 Å². The molecule has 2 aromatic rings. The van der Waals surface area contributed by atoms with Gasteiger partial charge in [-0.25, -0.2) is 0 Å². The Morgan fingerprint density at radius 3 is 1.96 bits per heavy atom. The van der Waals surface area contributed by atoms with Crippen LogP contribution in [0.2, 0.25) is 0 Å². The zero-order valence-electron chi connectivity index (χ0n) is 13.7. The molecule has 1 unspecified atom stereocenters. The summed E-state index contributed by atoms with van der Waals surface area (Å²) >= 11 is 0. The van der Waals surface area contributed by atoms with Gasteiger partial charge >= 0.3 is 0 Å². The molecule has 1 heterocycles. The first-order valence-electron chi connectivity index (χ1n) is 8.31. The average Bonchev–Trinajstić information content (AvgIpc) is 3.01. The standard InChI is InChI=1S/C20H24N2O/c1-21-14-8-13-19(21)20(23)22(15-17-9-4-2-5-10-17)16-18-11-6-3-7-12-18/h2-7,9-12,19H,8,13-16H2,1H3. The summed E-state index contributed by atoms with van der Waals surface area (Å²) in [6.07, 6.45) is 2.08. The fraction of sp³-hybridized carbons (Fsp3) is 0.350. The third-order valence-corrected chi connectivity index (χ3v) is 4.55. The van der Waals surface area contributed by atoms with Gasteiger partial charge in [-0.05, 0) is 37.6 Å². The Bertz CT molecular complexity index is 585. The van der Waals surface area contributed by atoms with Gasteiger partial charge in [-0.15, -0.1) is 0 Å². The second-order valence-corrected chi connectivity index (χ2v) is 6.30. The van der Waals surface area contributed by atoms with Gasteiger partial charge in [0.1, 0.15) is 0 Å². The van der Waals surface area contributed by atoms with Gasteiger partial charge in [-0.3, -0.25) is 9.69 Å². The number of likely N-dealkylation sites (N-methyl/N-ethyl adjacent to an activating group) is 1. The Balaban J connectivity index is 1.79. The Morgan fingerprint density at radius 1 is 1.00 bits per heavy atom. The molecule has 3 heteroatoms. The molecule has 1 aliphatic rings. The summed E-state index contributed by atoms with van der Waals surface area (Å²) < 4.78 is 0. The highest BCUT2D eigenvalue weighted by molar-refractivity contribution is 5.82. The van der Waals surface area contributed by atoms with Crippen molar-refractivity contribution in [2.45, 2.75) is 32.0 Å². The Morgan fingerprint density at radius 2 is 1.52 bits per heavy atom. The third kappa shape index (κ3) is 3.99. The zero-order valence-corrected chi connectivity index (χ0v) is 13.7. The molecule has 120 valence electrons. The molecule has 3 rings (SSSR count). The maximum absolute atomic E-state index is 13.0. The monoisotopic (exact) mass is 308 g/mol. The number of carbonyl (C=O) groups is 1. The van der Waals surface area contributed by atoms with Gasteiger partial charge < -0.3 is 4.90 Å². The minimum atomic E-state index is 0.0300. The molecule has 0 radical (unpaired) electrons. The molecule has 1 amide bonds. The highest BCUT2D eigenvalue weighted by atomic mass is 16.2. The highest BCUT2D eigenvalue weighted by Gasteiger charge is 2.31. The van der Waals surface area contributed by atoms with Crippen LogP contribution >= 0.6 is 0 Å². The molecule has 2 aromatic carbocycles. The maximum atomic E-state index is 13.0. The molecule has 0 aromatic heterocycles. The number of nitrogens with zero attached hydrogens (tertiary/aromatic N) is 2. The lowest BCUT2D eigenvalue weighted by Crippen LogP contribution is -2.43. The molecule has 0 N–H and O–H groups in total. The van der Waals surface area contributed by atoms with Crippen molar-refractivity contribution < 1.29 is 4.79 Å². The van der Waals surface area contributed by atoms with E-state index in [9.17, 15) is 4.79 Å². The average molecular weight is 308 g/mol. The normalized spacial score (nSPS) is 18.0. The second kappa shape index (κ2) is 7.42. The second-order valence-electron chi connectivity index (χ2n) is 6.30. The van der Waals surface area contributed by atoms with E-state index in [1.165, 1.54) is 11.1 Å². The molecule has 1 atom stereocenters. The van der Waals surface area contributed by atoms with Crippen molar-refractivity contribution in [1.29, 1.82) is 0 Å². The maximum Gasteiger partial charge on any atom is 0.240 e. The number of likely N-dealkylation sites (tertiary alicyclic amines) is 1. The molecular weight excluding hydrogens is 284 g/mol. The molecule has 1 fully saturated rings. The van der Waals surface area contributed by atoms with Crippen LogP contribution in [0.25, 0.3) is 0 Å². The van der Waals surface area contributed by atoms with Gasteiger partial charge in [0.2, 0.25) is 5.91 Å². The van der Waals surface area contributed by atoms with Crippen LogP contribution in [0.5, 0.6) is 0 Å². The fourth-order valence-corrected chi connectivity index (χ4v) is 3.25. The number of hydrogen-bond acceptors (Lipinski definition) is 2. The Hall–Kier alpha value is -2.13. The van der Waals surface area contributed by atoms with E-state index in [0.29, 0.717) is 13.1 Å². The summed E-state index contributed by atoms with van der Waals surface area (Å²) in [6.45, 7) is 2.35. The summed E-state index contributed by atoms with van der Waals surface area (Å²) in [5.41, 5.74) is 2.36. The van der Waals surface area contributed by atoms with Crippen molar-refractivity contribution in [2.75, 3.05) is 13.6 Å². The van der Waals surface area contributed by atoms with E-state index in [-0.39, 0.29) is 11.9 Å². The van der Waals surface area contributed by atoms with E-state index < -0.39 is 0 Å². The van der Waals surface area contributed by atoms with Crippen molar-refractivity contribution in [3.8, 4) is 0 Å². The summed E-state index contributed by atoms with van der Waals surface area (Å²) in [5.74, 6) is 0.248. The van der Waals surface area contributed by atoms with Crippen molar-refractivity contribution in [2.24, 2.45) is 0 Å². The van der Waals surface area contributed by atoms with E-state index >= 15 is 0 Å². The minimum absolute atomic E-state index is 0.0300. The Kier molecular flexibility index (Phi) is 5.09.